The number of carbonyl (C=O) groups is 1. The zero-order chi connectivity index (χ0) is 15.4. The van der Waals surface area contributed by atoms with E-state index in [1.807, 2.05) is 35.2 Å². The first kappa shape index (κ1) is 14.5. The Labute approximate surface area is 130 Å². The van der Waals surface area contributed by atoms with Gasteiger partial charge in [0.2, 0.25) is 0 Å². The van der Waals surface area contributed by atoms with Gasteiger partial charge in [0.25, 0.3) is 5.91 Å². The van der Waals surface area contributed by atoms with Crippen LogP contribution in [-0.4, -0.2) is 33.9 Å². The first-order valence-electron chi connectivity index (χ1n) is 7.66. The van der Waals surface area contributed by atoms with Crippen molar-refractivity contribution in [1.82, 2.24) is 14.9 Å². The summed E-state index contributed by atoms with van der Waals surface area (Å²) in [6.45, 7) is 3.81. The molecule has 0 spiro atoms. The van der Waals surface area contributed by atoms with Gasteiger partial charge in [0, 0.05) is 24.8 Å². The Balaban J connectivity index is 1.74. The third-order valence-electron chi connectivity index (χ3n) is 3.88. The molecule has 0 radical (unpaired) electrons. The van der Waals surface area contributed by atoms with E-state index in [0.29, 0.717) is 17.4 Å². The van der Waals surface area contributed by atoms with Gasteiger partial charge in [-0.3, -0.25) is 4.79 Å². The second-order valence-corrected chi connectivity index (χ2v) is 5.78. The van der Waals surface area contributed by atoms with Crippen LogP contribution in [0, 0.1) is 5.92 Å². The monoisotopic (exact) mass is 296 g/mol. The summed E-state index contributed by atoms with van der Waals surface area (Å²) in [4.78, 5) is 22.8. The fourth-order valence-corrected chi connectivity index (χ4v) is 2.75. The van der Waals surface area contributed by atoms with Crippen molar-refractivity contribution in [3.63, 3.8) is 0 Å². The molecule has 2 heterocycles. The van der Waals surface area contributed by atoms with Crippen molar-refractivity contribution in [3.05, 3.63) is 48.4 Å². The number of benzene rings is 1. The summed E-state index contributed by atoms with van der Waals surface area (Å²) in [6.07, 6.45) is 3.69. The van der Waals surface area contributed by atoms with Gasteiger partial charge in [0.15, 0.2) is 0 Å². The van der Waals surface area contributed by atoms with Gasteiger partial charge in [-0.05, 0) is 30.9 Å². The molecular formula is C17H20N4O. The molecule has 0 aliphatic carbocycles. The van der Waals surface area contributed by atoms with Crippen LogP contribution in [0.15, 0.2) is 42.7 Å². The number of rotatable bonds is 3. The normalized spacial score (nSPS) is 18.0. The molecule has 1 aromatic carbocycles. The number of amides is 1. The highest BCUT2D eigenvalue weighted by molar-refractivity contribution is 5.93. The number of anilines is 2. The molecule has 1 saturated heterocycles. The molecule has 5 heteroatoms. The maximum atomic E-state index is 12.6. The molecule has 22 heavy (non-hydrogen) atoms. The largest absolute Gasteiger partial charge is 0.340 e. The van der Waals surface area contributed by atoms with Crippen LogP contribution in [0.1, 0.15) is 30.3 Å². The Morgan fingerprint density at radius 1 is 1.27 bits per heavy atom. The molecular weight excluding hydrogens is 276 g/mol. The zero-order valence-corrected chi connectivity index (χ0v) is 12.7. The van der Waals surface area contributed by atoms with E-state index < -0.39 is 0 Å². The maximum Gasteiger partial charge on any atom is 0.272 e. The first-order chi connectivity index (χ1) is 10.7. The van der Waals surface area contributed by atoms with Gasteiger partial charge in [-0.25, -0.2) is 9.97 Å². The highest BCUT2D eigenvalue weighted by Gasteiger charge is 2.23. The fraction of sp³-hybridized carbons (Fsp3) is 0.353. The predicted octanol–water partition coefficient (Wildman–Crippen LogP) is 3.09. The summed E-state index contributed by atoms with van der Waals surface area (Å²) in [6, 6.07) is 11.5. The van der Waals surface area contributed by atoms with Gasteiger partial charge < -0.3 is 10.2 Å². The molecule has 1 aliphatic rings. The second-order valence-electron chi connectivity index (χ2n) is 5.78. The number of piperidine rings is 1. The van der Waals surface area contributed by atoms with Crippen molar-refractivity contribution in [2.45, 2.75) is 19.8 Å². The summed E-state index contributed by atoms with van der Waals surface area (Å²) in [5.74, 6) is 1.18. The van der Waals surface area contributed by atoms with E-state index in [-0.39, 0.29) is 5.91 Å². The number of hydrogen-bond donors (Lipinski definition) is 1. The lowest BCUT2D eigenvalue weighted by Crippen LogP contribution is -2.39. The van der Waals surface area contributed by atoms with Gasteiger partial charge in [-0.15, -0.1) is 0 Å². The minimum absolute atomic E-state index is 0.00920. The molecule has 1 amide bonds. The summed E-state index contributed by atoms with van der Waals surface area (Å²) >= 11 is 0. The van der Waals surface area contributed by atoms with Crippen LogP contribution in [0.4, 0.5) is 11.5 Å². The van der Waals surface area contributed by atoms with Gasteiger partial charge in [0.1, 0.15) is 17.8 Å². The zero-order valence-electron chi connectivity index (χ0n) is 12.7. The average molecular weight is 296 g/mol. The van der Waals surface area contributed by atoms with Gasteiger partial charge in [-0.1, -0.05) is 25.1 Å². The number of carbonyl (C=O) groups excluding carboxylic acids is 1. The molecule has 114 valence electrons. The molecule has 1 aliphatic heterocycles. The number of nitrogens with one attached hydrogen (secondary N) is 1. The van der Waals surface area contributed by atoms with Crippen LogP contribution in [0.3, 0.4) is 0 Å². The molecule has 1 aromatic heterocycles. The highest BCUT2D eigenvalue weighted by Crippen LogP contribution is 2.19. The van der Waals surface area contributed by atoms with Crippen molar-refractivity contribution in [1.29, 1.82) is 0 Å². The third-order valence-corrected chi connectivity index (χ3v) is 3.88. The van der Waals surface area contributed by atoms with Gasteiger partial charge >= 0.3 is 0 Å². The number of hydrogen-bond acceptors (Lipinski definition) is 4. The topological polar surface area (TPSA) is 58.1 Å². The molecule has 0 bridgehead atoms. The van der Waals surface area contributed by atoms with E-state index in [2.05, 4.69) is 22.2 Å². The predicted molar refractivity (Wildman–Crippen MR) is 86.1 cm³/mol. The van der Waals surface area contributed by atoms with Crippen LogP contribution in [-0.2, 0) is 0 Å². The molecule has 2 aromatic rings. The van der Waals surface area contributed by atoms with Crippen LogP contribution in [0.2, 0.25) is 0 Å². The molecule has 0 saturated carbocycles. The fourth-order valence-electron chi connectivity index (χ4n) is 2.75. The van der Waals surface area contributed by atoms with E-state index in [4.69, 9.17) is 0 Å². The van der Waals surface area contributed by atoms with E-state index in [0.717, 1.165) is 25.2 Å². The van der Waals surface area contributed by atoms with Crippen LogP contribution in [0.25, 0.3) is 0 Å². The Morgan fingerprint density at radius 2 is 2.09 bits per heavy atom. The number of nitrogens with zero attached hydrogens (tertiary/aromatic N) is 3. The number of aromatic nitrogens is 2. The van der Waals surface area contributed by atoms with E-state index in [1.54, 1.807) is 6.07 Å². The Hall–Kier alpha value is -2.43. The lowest BCUT2D eigenvalue weighted by Gasteiger charge is -2.30. The molecule has 1 atom stereocenters. The SMILES string of the molecule is CC1CCCN(C(=O)c2cc(Nc3ccccc3)ncn2)C1. The van der Waals surface area contributed by atoms with Crippen LogP contribution in [0.5, 0.6) is 0 Å². The van der Waals surface area contributed by atoms with Crippen molar-refractivity contribution < 1.29 is 4.79 Å². The minimum atomic E-state index is -0.00920. The van der Waals surface area contributed by atoms with Crippen molar-refractivity contribution in [2.75, 3.05) is 18.4 Å². The molecule has 1 N–H and O–H groups in total. The molecule has 1 fully saturated rings. The van der Waals surface area contributed by atoms with Gasteiger partial charge in [-0.2, -0.15) is 0 Å². The second kappa shape index (κ2) is 6.56. The Bertz CT molecular complexity index is 644. The average Bonchev–Trinajstić information content (AvgIpc) is 2.55. The van der Waals surface area contributed by atoms with Crippen LogP contribution < -0.4 is 5.32 Å². The molecule has 1 unspecified atom stereocenters. The summed E-state index contributed by atoms with van der Waals surface area (Å²) < 4.78 is 0. The standard InChI is InChI=1S/C17H20N4O/c1-13-6-5-9-21(11-13)17(22)15-10-16(19-12-18-15)20-14-7-3-2-4-8-14/h2-4,7-8,10,12-13H,5-6,9,11H2,1H3,(H,18,19,20). The first-order valence-corrected chi connectivity index (χ1v) is 7.66. The maximum absolute atomic E-state index is 12.6. The van der Waals surface area contributed by atoms with Crippen molar-refractivity contribution >= 4 is 17.4 Å². The number of likely N-dealkylation sites (tertiary alicyclic amines) is 1. The third kappa shape index (κ3) is 3.42. The quantitative estimate of drug-likeness (QED) is 0.945. The van der Waals surface area contributed by atoms with Gasteiger partial charge in [0.05, 0.1) is 0 Å². The van der Waals surface area contributed by atoms with E-state index in [9.17, 15) is 4.79 Å². The van der Waals surface area contributed by atoms with E-state index >= 15 is 0 Å². The Morgan fingerprint density at radius 3 is 2.86 bits per heavy atom. The Kier molecular flexibility index (Phi) is 4.32. The van der Waals surface area contributed by atoms with Crippen molar-refractivity contribution in [2.24, 2.45) is 5.92 Å². The van der Waals surface area contributed by atoms with Crippen LogP contribution >= 0.6 is 0 Å². The minimum Gasteiger partial charge on any atom is -0.340 e. The summed E-state index contributed by atoms with van der Waals surface area (Å²) in [7, 11) is 0. The smallest absolute Gasteiger partial charge is 0.272 e. The molecule has 3 rings (SSSR count). The van der Waals surface area contributed by atoms with E-state index in [1.165, 1.54) is 12.7 Å². The lowest BCUT2D eigenvalue weighted by atomic mass is 10.00. The summed E-state index contributed by atoms with van der Waals surface area (Å²) in [5, 5.41) is 3.19. The number of para-hydroxylation sites is 1. The summed E-state index contributed by atoms with van der Waals surface area (Å²) in [5.41, 5.74) is 1.38. The molecule has 5 nitrogen and oxygen atoms in total. The lowest BCUT2D eigenvalue weighted by molar-refractivity contribution is 0.0677. The van der Waals surface area contributed by atoms with Crippen molar-refractivity contribution in [3.8, 4) is 0 Å². The highest BCUT2D eigenvalue weighted by atomic mass is 16.2.